The van der Waals surface area contributed by atoms with E-state index in [0.717, 1.165) is 5.56 Å². The molecule has 3 rings (SSSR count). The van der Waals surface area contributed by atoms with Crippen LogP contribution in [-0.2, 0) is 16.4 Å². The Bertz CT molecular complexity index is 782. The highest BCUT2D eigenvalue weighted by molar-refractivity contribution is 7.91. The van der Waals surface area contributed by atoms with Gasteiger partial charge in [0.1, 0.15) is 0 Å². The summed E-state index contributed by atoms with van der Waals surface area (Å²) in [5.41, 5.74) is 1.67. The van der Waals surface area contributed by atoms with E-state index in [0.29, 0.717) is 25.1 Å². The van der Waals surface area contributed by atoms with Gasteiger partial charge in [0.2, 0.25) is 0 Å². The number of rotatable bonds is 4. The van der Waals surface area contributed by atoms with Crippen LogP contribution in [0.15, 0.2) is 43.0 Å². The predicted octanol–water partition coefficient (Wildman–Crippen LogP) is 1.19. The van der Waals surface area contributed by atoms with Gasteiger partial charge in [-0.25, -0.2) is 13.4 Å². The minimum atomic E-state index is -3.09. The molecule has 1 fully saturated rings. The van der Waals surface area contributed by atoms with Crippen molar-refractivity contribution >= 4 is 15.7 Å². The predicted molar refractivity (Wildman–Crippen MR) is 86.9 cm³/mol. The number of imidazole rings is 1. The Kier molecular flexibility index (Phi) is 4.21. The average Bonchev–Trinajstić information content (AvgIpc) is 3.18. The molecule has 7 heteroatoms. The van der Waals surface area contributed by atoms with E-state index in [-0.39, 0.29) is 12.5 Å². The molecule has 122 valence electrons. The number of nitrogens with zero attached hydrogens (tertiary/aromatic N) is 3. The molecule has 1 aliphatic heterocycles. The SMILES string of the molecule is CS(=O)(=O)C1CCN(C(=O)c2ccc(Cn3ccnc3)cc2)C1. The molecule has 1 amide bonds. The van der Waals surface area contributed by atoms with Crippen molar-refractivity contribution in [2.24, 2.45) is 0 Å². The number of sulfone groups is 1. The van der Waals surface area contributed by atoms with E-state index < -0.39 is 15.1 Å². The highest BCUT2D eigenvalue weighted by Crippen LogP contribution is 2.19. The summed E-state index contributed by atoms with van der Waals surface area (Å²) in [7, 11) is -3.09. The van der Waals surface area contributed by atoms with Gasteiger partial charge in [-0.3, -0.25) is 4.79 Å². The monoisotopic (exact) mass is 333 g/mol. The van der Waals surface area contributed by atoms with Crippen LogP contribution in [0.2, 0.25) is 0 Å². The zero-order valence-corrected chi connectivity index (χ0v) is 13.7. The maximum Gasteiger partial charge on any atom is 0.253 e. The summed E-state index contributed by atoms with van der Waals surface area (Å²) in [6, 6.07) is 7.42. The van der Waals surface area contributed by atoms with E-state index in [4.69, 9.17) is 0 Å². The third-order valence-corrected chi connectivity index (χ3v) is 5.76. The van der Waals surface area contributed by atoms with Gasteiger partial charge in [-0.05, 0) is 24.1 Å². The second-order valence-electron chi connectivity index (χ2n) is 5.92. The number of benzene rings is 1. The van der Waals surface area contributed by atoms with Crippen LogP contribution in [0, 0.1) is 0 Å². The topological polar surface area (TPSA) is 72.3 Å². The molecule has 1 aliphatic rings. The number of amides is 1. The van der Waals surface area contributed by atoms with Crippen LogP contribution >= 0.6 is 0 Å². The quantitative estimate of drug-likeness (QED) is 0.842. The Morgan fingerprint density at radius 3 is 2.61 bits per heavy atom. The van der Waals surface area contributed by atoms with Gasteiger partial charge in [-0.1, -0.05) is 12.1 Å². The normalized spacial score (nSPS) is 18.3. The molecule has 23 heavy (non-hydrogen) atoms. The van der Waals surface area contributed by atoms with Crippen molar-refractivity contribution in [3.63, 3.8) is 0 Å². The number of likely N-dealkylation sites (tertiary alicyclic amines) is 1. The molecule has 1 saturated heterocycles. The van der Waals surface area contributed by atoms with Gasteiger partial charge < -0.3 is 9.47 Å². The molecule has 0 N–H and O–H groups in total. The van der Waals surface area contributed by atoms with Crippen LogP contribution < -0.4 is 0 Å². The second-order valence-corrected chi connectivity index (χ2v) is 8.25. The number of hydrogen-bond acceptors (Lipinski definition) is 4. The molecule has 0 saturated carbocycles. The maximum absolute atomic E-state index is 12.5. The summed E-state index contributed by atoms with van der Waals surface area (Å²) in [4.78, 5) is 18.1. The number of carbonyl (C=O) groups excluding carboxylic acids is 1. The Balaban J connectivity index is 1.66. The van der Waals surface area contributed by atoms with Crippen LogP contribution in [0.5, 0.6) is 0 Å². The van der Waals surface area contributed by atoms with Crippen molar-refractivity contribution in [3.8, 4) is 0 Å². The lowest BCUT2D eigenvalue weighted by Gasteiger charge is -2.16. The van der Waals surface area contributed by atoms with Crippen LogP contribution in [-0.4, -0.2) is 53.4 Å². The van der Waals surface area contributed by atoms with Crippen molar-refractivity contribution in [3.05, 3.63) is 54.1 Å². The molecular formula is C16H19N3O3S. The van der Waals surface area contributed by atoms with Gasteiger partial charge in [-0.15, -0.1) is 0 Å². The summed E-state index contributed by atoms with van der Waals surface area (Å²) >= 11 is 0. The van der Waals surface area contributed by atoms with Gasteiger partial charge in [0.15, 0.2) is 9.84 Å². The minimum Gasteiger partial charge on any atom is -0.337 e. The van der Waals surface area contributed by atoms with Crippen molar-refractivity contribution < 1.29 is 13.2 Å². The first-order valence-corrected chi connectivity index (χ1v) is 9.42. The Morgan fingerprint density at radius 1 is 1.30 bits per heavy atom. The molecule has 2 heterocycles. The average molecular weight is 333 g/mol. The molecule has 1 unspecified atom stereocenters. The highest BCUT2D eigenvalue weighted by atomic mass is 32.2. The van der Waals surface area contributed by atoms with Gasteiger partial charge in [0, 0.05) is 43.8 Å². The summed E-state index contributed by atoms with van der Waals surface area (Å²) in [5, 5.41) is -0.438. The van der Waals surface area contributed by atoms with E-state index in [1.165, 1.54) is 6.26 Å². The van der Waals surface area contributed by atoms with Gasteiger partial charge >= 0.3 is 0 Å². The van der Waals surface area contributed by atoms with Crippen LogP contribution in [0.25, 0.3) is 0 Å². The molecule has 1 aromatic carbocycles. The number of hydrogen-bond donors (Lipinski definition) is 0. The smallest absolute Gasteiger partial charge is 0.253 e. The van der Waals surface area contributed by atoms with Crippen molar-refractivity contribution in [2.75, 3.05) is 19.3 Å². The lowest BCUT2D eigenvalue weighted by Crippen LogP contribution is -2.31. The standard InChI is InChI=1S/C16H19N3O3S/c1-23(21,22)15-6-8-19(11-15)16(20)14-4-2-13(3-5-14)10-18-9-7-17-12-18/h2-5,7,9,12,15H,6,8,10-11H2,1H3. The molecule has 1 atom stereocenters. The van der Waals surface area contributed by atoms with Crippen molar-refractivity contribution in [2.45, 2.75) is 18.2 Å². The van der Waals surface area contributed by atoms with Gasteiger partial charge in [-0.2, -0.15) is 0 Å². The summed E-state index contributed by atoms with van der Waals surface area (Å²) in [6.07, 6.45) is 7.10. The van der Waals surface area contributed by atoms with E-state index in [1.807, 2.05) is 22.9 Å². The largest absolute Gasteiger partial charge is 0.337 e. The first-order valence-electron chi connectivity index (χ1n) is 7.46. The summed E-state index contributed by atoms with van der Waals surface area (Å²) in [5.74, 6) is -0.106. The van der Waals surface area contributed by atoms with Gasteiger partial charge in [0.05, 0.1) is 11.6 Å². The molecular weight excluding hydrogens is 314 g/mol. The minimum absolute atomic E-state index is 0.106. The highest BCUT2D eigenvalue weighted by Gasteiger charge is 2.32. The summed E-state index contributed by atoms with van der Waals surface area (Å²) in [6.45, 7) is 1.48. The Morgan fingerprint density at radius 2 is 2.04 bits per heavy atom. The molecule has 1 aromatic heterocycles. The van der Waals surface area contributed by atoms with E-state index in [9.17, 15) is 13.2 Å². The Labute approximate surface area is 135 Å². The van der Waals surface area contributed by atoms with Crippen LogP contribution in [0.4, 0.5) is 0 Å². The number of carbonyl (C=O) groups is 1. The van der Waals surface area contributed by atoms with Crippen LogP contribution in [0.3, 0.4) is 0 Å². The lowest BCUT2D eigenvalue weighted by molar-refractivity contribution is 0.0793. The molecule has 0 spiro atoms. The van der Waals surface area contributed by atoms with Crippen LogP contribution in [0.1, 0.15) is 22.3 Å². The molecule has 0 bridgehead atoms. The number of aromatic nitrogens is 2. The molecule has 0 aliphatic carbocycles. The summed E-state index contributed by atoms with van der Waals surface area (Å²) < 4.78 is 25.1. The Hall–Kier alpha value is -2.15. The first kappa shape index (κ1) is 15.7. The first-order chi connectivity index (χ1) is 10.9. The molecule has 6 nitrogen and oxygen atoms in total. The lowest BCUT2D eigenvalue weighted by atomic mass is 10.1. The fourth-order valence-electron chi connectivity index (χ4n) is 2.79. The molecule has 2 aromatic rings. The van der Waals surface area contributed by atoms with Crippen molar-refractivity contribution in [1.82, 2.24) is 14.5 Å². The van der Waals surface area contributed by atoms with E-state index >= 15 is 0 Å². The van der Waals surface area contributed by atoms with Gasteiger partial charge in [0.25, 0.3) is 5.91 Å². The zero-order valence-electron chi connectivity index (χ0n) is 12.9. The maximum atomic E-state index is 12.5. The van der Waals surface area contributed by atoms with E-state index in [2.05, 4.69) is 4.98 Å². The van der Waals surface area contributed by atoms with Crippen molar-refractivity contribution in [1.29, 1.82) is 0 Å². The third kappa shape index (κ3) is 3.61. The van der Waals surface area contributed by atoms with E-state index in [1.54, 1.807) is 29.6 Å². The second kappa shape index (κ2) is 6.16. The fourth-order valence-corrected chi connectivity index (χ4v) is 3.77. The zero-order chi connectivity index (χ0) is 16.4. The molecule has 0 radical (unpaired) electrons. The fraction of sp³-hybridized carbons (Fsp3) is 0.375. The third-order valence-electron chi connectivity index (χ3n) is 4.16.